The number of carbonyl (C=O) groups is 4. The summed E-state index contributed by atoms with van der Waals surface area (Å²) >= 11 is 5.97. The third kappa shape index (κ3) is 10.2. The van der Waals surface area contributed by atoms with Crippen molar-refractivity contribution in [3.8, 4) is 11.5 Å². The maximum atomic E-state index is 14.6. The van der Waals surface area contributed by atoms with Crippen molar-refractivity contribution < 1.29 is 42.5 Å². The Hall–Kier alpha value is -5.62. The highest BCUT2D eigenvalue weighted by Crippen LogP contribution is 2.37. The van der Waals surface area contributed by atoms with Crippen molar-refractivity contribution in [3.05, 3.63) is 76.8 Å². The van der Waals surface area contributed by atoms with Crippen LogP contribution in [-0.2, 0) is 30.4 Å². The molecule has 3 aromatic carbocycles. The molecule has 1 aromatic heterocycles. The Morgan fingerprint density at radius 2 is 1.71 bits per heavy atom. The van der Waals surface area contributed by atoms with E-state index in [0.29, 0.717) is 118 Å². The topological polar surface area (TPSA) is 186 Å². The zero-order valence-corrected chi connectivity index (χ0v) is 33.3. The molecule has 1 unspecified atom stereocenters. The van der Waals surface area contributed by atoms with E-state index in [4.69, 9.17) is 30.5 Å². The van der Waals surface area contributed by atoms with Crippen LogP contribution < -0.4 is 30.7 Å². The molecule has 4 heterocycles. The Morgan fingerprint density at radius 3 is 2.49 bits per heavy atom. The van der Waals surface area contributed by atoms with Crippen molar-refractivity contribution in [2.45, 2.75) is 44.4 Å². The number of nitrogens with one attached hydrogen (secondary N) is 4. The van der Waals surface area contributed by atoms with Crippen LogP contribution in [0, 0.1) is 5.82 Å². The number of rotatable bonds is 18. The standard InChI is InChI=1S/C41H46ClFN8O8/c1-56-33-21-31-27(39(47-24-46-31)48-30-7-3-5-28(42)38(30)43)20-34(33)59-26-10-14-50(15-11-26)23-36(53)45-13-17-58-19-18-57-16-12-44-29-6-2-4-25-22-51(41(55)37(25)29)32-8-9-35(52)49-40(32)54/h2-7,20-21,24,26,32,44H,8-19,22-23H2,1H3,(H,45,53)(H,46,47,48)(H,49,52,54). The number of methoxy groups -OCH3 is 1. The molecule has 3 aliphatic rings. The summed E-state index contributed by atoms with van der Waals surface area (Å²) in [6, 6.07) is 13.1. The molecule has 0 radical (unpaired) electrons. The number of ether oxygens (including phenoxy) is 4. The average Bonchev–Trinajstić information content (AvgIpc) is 3.57. The fourth-order valence-electron chi connectivity index (χ4n) is 7.37. The molecule has 0 bridgehead atoms. The first kappa shape index (κ1) is 41.5. The Balaban J connectivity index is 0.764. The van der Waals surface area contributed by atoms with Crippen LogP contribution in [-0.4, -0.2) is 122 Å². The Bertz CT molecular complexity index is 2190. The first-order chi connectivity index (χ1) is 28.7. The van der Waals surface area contributed by atoms with Crippen LogP contribution in [0.2, 0.25) is 5.02 Å². The third-order valence-corrected chi connectivity index (χ3v) is 10.7. The zero-order chi connectivity index (χ0) is 41.3. The summed E-state index contributed by atoms with van der Waals surface area (Å²) in [7, 11) is 1.56. The number of carbonyl (C=O) groups excluding carboxylic acids is 4. The summed E-state index contributed by atoms with van der Waals surface area (Å²) < 4.78 is 37.9. The Labute approximate surface area is 345 Å². The SMILES string of the molecule is COc1cc2ncnc(Nc3cccc(Cl)c3F)c2cc1OC1CCN(CC(=O)NCCOCCOCCNc2cccc3c2C(=O)N(C2CCC(=O)NC2=O)C3)CC1. The summed E-state index contributed by atoms with van der Waals surface area (Å²) in [5, 5.41) is 12.1. The van der Waals surface area contributed by atoms with Gasteiger partial charge in [0.05, 0.1) is 61.9 Å². The molecular weight excluding hydrogens is 787 g/mol. The number of amides is 4. The molecule has 0 aliphatic carbocycles. The molecule has 4 N–H and O–H groups in total. The smallest absolute Gasteiger partial charge is 0.257 e. The van der Waals surface area contributed by atoms with E-state index in [1.54, 1.807) is 31.4 Å². The van der Waals surface area contributed by atoms with Crippen molar-refractivity contribution in [1.29, 1.82) is 0 Å². The minimum Gasteiger partial charge on any atom is -0.493 e. The number of piperidine rings is 2. The molecular formula is C41H46ClFN8O8. The van der Waals surface area contributed by atoms with Crippen LogP contribution in [0.15, 0.2) is 54.9 Å². The van der Waals surface area contributed by atoms with Crippen molar-refractivity contribution >= 4 is 63.3 Å². The average molecular weight is 833 g/mol. The highest BCUT2D eigenvalue weighted by molar-refractivity contribution is 6.31. The maximum absolute atomic E-state index is 14.6. The number of imide groups is 1. The number of halogens is 2. The molecule has 4 amide bonds. The van der Waals surface area contributed by atoms with Crippen LogP contribution in [0.1, 0.15) is 41.6 Å². The van der Waals surface area contributed by atoms with Gasteiger partial charge in [-0.1, -0.05) is 29.8 Å². The summed E-state index contributed by atoms with van der Waals surface area (Å²) in [6.07, 6.45) is 3.20. The van der Waals surface area contributed by atoms with Gasteiger partial charge in [-0.25, -0.2) is 14.4 Å². The molecule has 2 fully saturated rings. The molecule has 3 aliphatic heterocycles. The monoisotopic (exact) mass is 832 g/mol. The number of aromatic nitrogens is 2. The van der Waals surface area contributed by atoms with Crippen molar-refractivity contribution in [2.75, 3.05) is 76.9 Å². The second kappa shape index (κ2) is 19.4. The number of likely N-dealkylation sites (tertiary alicyclic amines) is 1. The molecule has 0 saturated carbocycles. The van der Waals surface area contributed by atoms with Gasteiger partial charge in [0, 0.05) is 56.3 Å². The lowest BCUT2D eigenvalue weighted by Crippen LogP contribution is -2.52. The summed E-state index contributed by atoms with van der Waals surface area (Å²) in [6.45, 7) is 4.20. The second-order valence-electron chi connectivity index (χ2n) is 14.3. The van der Waals surface area contributed by atoms with E-state index in [1.165, 1.54) is 17.3 Å². The minimum absolute atomic E-state index is 0.00411. The molecule has 7 rings (SSSR count). The van der Waals surface area contributed by atoms with Gasteiger partial charge in [0.1, 0.15) is 24.3 Å². The summed E-state index contributed by atoms with van der Waals surface area (Å²) in [5.74, 6) is -0.244. The van der Waals surface area contributed by atoms with E-state index in [9.17, 15) is 23.6 Å². The molecule has 1 atom stereocenters. The van der Waals surface area contributed by atoms with E-state index < -0.39 is 17.8 Å². The summed E-state index contributed by atoms with van der Waals surface area (Å²) in [4.78, 5) is 62.1. The van der Waals surface area contributed by atoms with Gasteiger partial charge in [-0.05, 0) is 49.1 Å². The number of nitrogens with zero attached hydrogens (tertiary/aromatic N) is 4. The molecule has 4 aromatic rings. The highest BCUT2D eigenvalue weighted by Gasteiger charge is 2.40. The van der Waals surface area contributed by atoms with Crippen LogP contribution in [0.5, 0.6) is 11.5 Å². The maximum Gasteiger partial charge on any atom is 0.257 e. The number of fused-ring (bicyclic) bond motifs is 2. The largest absolute Gasteiger partial charge is 0.493 e. The fourth-order valence-corrected chi connectivity index (χ4v) is 7.55. The van der Waals surface area contributed by atoms with Gasteiger partial charge in [0.25, 0.3) is 5.91 Å². The fraction of sp³-hybridized carbons (Fsp3) is 0.415. The second-order valence-corrected chi connectivity index (χ2v) is 14.7. The van der Waals surface area contributed by atoms with Crippen LogP contribution in [0.25, 0.3) is 10.9 Å². The molecule has 0 spiro atoms. The predicted molar refractivity (Wildman–Crippen MR) is 216 cm³/mol. The quantitative estimate of drug-likeness (QED) is 0.0833. The third-order valence-electron chi connectivity index (χ3n) is 10.4. The number of hydrogen-bond donors (Lipinski definition) is 4. The highest BCUT2D eigenvalue weighted by atomic mass is 35.5. The van der Waals surface area contributed by atoms with Crippen molar-refractivity contribution in [2.24, 2.45) is 0 Å². The van der Waals surface area contributed by atoms with Gasteiger partial charge in [0.2, 0.25) is 17.7 Å². The van der Waals surface area contributed by atoms with E-state index in [-0.39, 0.29) is 47.5 Å². The normalized spacial score (nSPS) is 17.2. The molecule has 312 valence electrons. The minimum atomic E-state index is -0.662. The molecule has 18 heteroatoms. The number of hydrogen-bond acceptors (Lipinski definition) is 13. The van der Waals surface area contributed by atoms with Gasteiger partial charge in [-0.2, -0.15) is 0 Å². The van der Waals surface area contributed by atoms with Crippen molar-refractivity contribution in [1.82, 2.24) is 30.4 Å². The molecule has 2 saturated heterocycles. The van der Waals surface area contributed by atoms with Crippen LogP contribution in [0.3, 0.4) is 0 Å². The van der Waals surface area contributed by atoms with Crippen LogP contribution in [0.4, 0.5) is 21.6 Å². The predicted octanol–water partition coefficient (Wildman–Crippen LogP) is 4.04. The van der Waals surface area contributed by atoms with E-state index in [1.807, 2.05) is 18.2 Å². The summed E-state index contributed by atoms with van der Waals surface area (Å²) in [5.41, 5.74) is 2.82. The van der Waals surface area contributed by atoms with Crippen molar-refractivity contribution in [3.63, 3.8) is 0 Å². The first-order valence-corrected chi connectivity index (χ1v) is 19.9. The van der Waals surface area contributed by atoms with E-state index in [0.717, 1.165) is 5.56 Å². The van der Waals surface area contributed by atoms with E-state index >= 15 is 0 Å². The van der Waals surface area contributed by atoms with Gasteiger partial charge >= 0.3 is 0 Å². The number of anilines is 3. The lowest BCUT2D eigenvalue weighted by Gasteiger charge is -2.32. The molecule has 16 nitrogen and oxygen atoms in total. The zero-order valence-electron chi connectivity index (χ0n) is 32.6. The lowest BCUT2D eigenvalue weighted by molar-refractivity contribution is -0.137. The van der Waals surface area contributed by atoms with Gasteiger partial charge in [-0.15, -0.1) is 0 Å². The molecule has 59 heavy (non-hydrogen) atoms. The van der Waals surface area contributed by atoms with Gasteiger partial charge in [-0.3, -0.25) is 29.4 Å². The van der Waals surface area contributed by atoms with Gasteiger partial charge < -0.3 is 39.8 Å². The lowest BCUT2D eigenvalue weighted by atomic mass is 10.0. The number of benzene rings is 3. The Kier molecular flexibility index (Phi) is 13.7. The van der Waals surface area contributed by atoms with Gasteiger partial charge in [0.15, 0.2) is 17.3 Å². The van der Waals surface area contributed by atoms with Crippen LogP contribution >= 0.6 is 11.6 Å². The Morgan fingerprint density at radius 1 is 0.949 bits per heavy atom. The first-order valence-electron chi connectivity index (χ1n) is 19.5. The van der Waals surface area contributed by atoms with E-state index in [2.05, 4.69) is 36.1 Å².